The third-order valence-corrected chi connectivity index (χ3v) is 5.17. The summed E-state index contributed by atoms with van der Waals surface area (Å²) in [6.07, 6.45) is 9.81. The van der Waals surface area contributed by atoms with E-state index in [0.717, 1.165) is 25.9 Å². The number of hydrogen-bond donors (Lipinski definition) is 1. The second-order valence-corrected chi connectivity index (χ2v) is 6.56. The van der Waals surface area contributed by atoms with Crippen LogP contribution in [0, 0.1) is 0 Å². The summed E-state index contributed by atoms with van der Waals surface area (Å²) in [4.78, 5) is 16.7. The van der Waals surface area contributed by atoms with Gasteiger partial charge in [0.15, 0.2) is 0 Å². The molecule has 2 unspecified atom stereocenters. The van der Waals surface area contributed by atoms with Crippen LogP contribution in [0.5, 0.6) is 0 Å². The van der Waals surface area contributed by atoms with Gasteiger partial charge in [-0.05, 0) is 38.5 Å². The highest BCUT2D eigenvalue weighted by Gasteiger charge is 2.37. The van der Waals surface area contributed by atoms with Crippen LogP contribution in [0.1, 0.15) is 51.4 Å². The second-order valence-electron chi connectivity index (χ2n) is 6.56. The largest absolute Gasteiger partial charge is 0.325 e. The number of carbonyl (C=O) groups is 1. The molecule has 0 spiro atoms. The number of likely N-dealkylation sites (tertiary alicyclic amines) is 1. The lowest BCUT2D eigenvalue weighted by molar-refractivity contribution is 0.130. The summed E-state index contributed by atoms with van der Waals surface area (Å²) in [6.45, 7) is 1.92. The van der Waals surface area contributed by atoms with Crippen LogP contribution >= 0.6 is 0 Å². The van der Waals surface area contributed by atoms with Crippen molar-refractivity contribution in [1.82, 2.24) is 15.1 Å². The molecule has 3 rings (SSSR count). The first-order valence-electron chi connectivity index (χ1n) is 8.02. The summed E-state index contributed by atoms with van der Waals surface area (Å²) >= 11 is 0. The molecule has 108 valence electrons. The standard InChI is InChI=1S/C15H27N3O/c1-17(14-10-12-6-7-13(11-14)16-12)15(19)18-8-4-2-3-5-9-18/h12-14,16H,2-11H2,1H3. The fourth-order valence-electron chi connectivity index (χ4n) is 3.98. The minimum Gasteiger partial charge on any atom is -0.325 e. The predicted octanol–water partition coefficient (Wildman–Crippen LogP) is 2.20. The van der Waals surface area contributed by atoms with E-state index in [4.69, 9.17) is 0 Å². The molecule has 2 amide bonds. The number of amides is 2. The van der Waals surface area contributed by atoms with Crippen LogP contribution in [0.25, 0.3) is 0 Å². The normalized spacial score (nSPS) is 35.0. The van der Waals surface area contributed by atoms with Crippen LogP contribution in [0.2, 0.25) is 0 Å². The van der Waals surface area contributed by atoms with Gasteiger partial charge < -0.3 is 15.1 Å². The van der Waals surface area contributed by atoms with Crippen LogP contribution < -0.4 is 5.32 Å². The van der Waals surface area contributed by atoms with Crippen LogP contribution in [0.15, 0.2) is 0 Å². The molecule has 0 aromatic rings. The van der Waals surface area contributed by atoms with Gasteiger partial charge in [0.1, 0.15) is 0 Å². The molecule has 0 aromatic carbocycles. The quantitative estimate of drug-likeness (QED) is 0.789. The highest BCUT2D eigenvalue weighted by molar-refractivity contribution is 5.74. The third-order valence-electron chi connectivity index (χ3n) is 5.17. The summed E-state index contributed by atoms with van der Waals surface area (Å²) in [7, 11) is 2.02. The van der Waals surface area contributed by atoms with Crippen molar-refractivity contribution in [3.05, 3.63) is 0 Å². The van der Waals surface area contributed by atoms with Gasteiger partial charge in [0.2, 0.25) is 0 Å². The van der Waals surface area contributed by atoms with Crippen molar-refractivity contribution in [3.8, 4) is 0 Å². The fourth-order valence-corrected chi connectivity index (χ4v) is 3.98. The maximum absolute atomic E-state index is 12.6. The summed E-state index contributed by atoms with van der Waals surface area (Å²) in [5, 5.41) is 3.65. The number of urea groups is 1. The third kappa shape index (κ3) is 2.88. The lowest BCUT2D eigenvalue weighted by Crippen LogP contribution is -2.52. The molecule has 0 radical (unpaired) electrons. The zero-order chi connectivity index (χ0) is 13.2. The van der Waals surface area contributed by atoms with Crippen molar-refractivity contribution in [2.24, 2.45) is 0 Å². The van der Waals surface area contributed by atoms with Crippen LogP contribution in [0.4, 0.5) is 4.79 Å². The molecule has 3 saturated heterocycles. The highest BCUT2D eigenvalue weighted by Crippen LogP contribution is 2.29. The SMILES string of the molecule is CN(C(=O)N1CCCCCC1)C1CC2CCC(C1)N2. The fraction of sp³-hybridized carbons (Fsp3) is 0.933. The molecule has 1 N–H and O–H groups in total. The summed E-state index contributed by atoms with van der Waals surface area (Å²) in [5.41, 5.74) is 0. The number of rotatable bonds is 1. The lowest BCUT2D eigenvalue weighted by atomic mass is 9.99. The number of piperidine rings is 1. The van der Waals surface area contributed by atoms with Gasteiger partial charge in [0.25, 0.3) is 0 Å². The van der Waals surface area contributed by atoms with E-state index in [1.807, 2.05) is 11.9 Å². The zero-order valence-corrected chi connectivity index (χ0v) is 12.1. The van der Waals surface area contributed by atoms with E-state index < -0.39 is 0 Å². The van der Waals surface area contributed by atoms with Crippen LogP contribution in [-0.2, 0) is 0 Å². The average Bonchev–Trinajstić information content (AvgIpc) is 2.66. The van der Waals surface area contributed by atoms with Crippen molar-refractivity contribution in [1.29, 1.82) is 0 Å². The number of fused-ring (bicyclic) bond motifs is 2. The van der Waals surface area contributed by atoms with Gasteiger partial charge in [-0.25, -0.2) is 4.79 Å². The molecule has 2 bridgehead atoms. The number of carbonyl (C=O) groups excluding carboxylic acids is 1. The van der Waals surface area contributed by atoms with Gasteiger partial charge in [-0.2, -0.15) is 0 Å². The second kappa shape index (κ2) is 5.70. The van der Waals surface area contributed by atoms with E-state index in [2.05, 4.69) is 10.2 Å². The molecule has 4 heteroatoms. The van der Waals surface area contributed by atoms with Crippen LogP contribution in [-0.4, -0.2) is 54.1 Å². The Hall–Kier alpha value is -0.770. The van der Waals surface area contributed by atoms with Gasteiger partial charge in [-0.1, -0.05) is 12.8 Å². The van der Waals surface area contributed by atoms with Gasteiger partial charge in [0, 0.05) is 38.3 Å². The lowest BCUT2D eigenvalue weighted by Gasteiger charge is -2.38. The molecule has 0 aromatic heterocycles. The highest BCUT2D eigenvalue weighted by atomic mass is 16.2. The molecule has 4 nitrogen and oxygen atoms in total. The molecule has 3 aliphatic rings. The molecule has 19 heavy (non-hydrogen) atoms. The van der Waals surface area contributed by atoms with E-state index in [0.29, 0.717) is 18.1 Å². The van der Waals surface area contributed by atoms with Crippen molar-refractivity contribution < 1.29 is 4.79 Å². The summed E-state index contributed by atoms with van der Waals surface area (Å²) < 4.78 is 0. The van der Waals surface area contributed by atoms with E-state index in [-0.39, 0.29) is 6.03 Å². The predicted molar refractivity (Wildman–Crippen MR) is 76.2 cm³/mol. The van der Waals surface area contributed by atoms with Crippen molar-refractivity contribution in [2.75, 3.05) is 20.1 Å². The Balaban J connectivity index is 1.59. The van der Waals surface area contributed by atoms with Gasteiger partial charge >= 0.3 is 6.03 Å². The first-order chi connectivity index (χ1) is 9.24. The Morgan fingerprint density at radius 3 is 2.21 bits per heavy atom. The minimum absolute atomic E-state index is 0.271. The van der Waals surface area contributed by atoms with Gasteiger partial charge in [0.05, 0.1) is 0 Å². The van der Waals surface area contributed by atoms with Crippen LogP contribution in [0.3, 0.4) is 0 Å². The molecular weight excluding hydrogens is 238 g/mol. The van der Waals surface area contributed by atoms with Crippen molar-refractivity contribution in [2.45, 2.75) is 69.5 Å². The number of hydrogen-bond acceptors (Lipinski definition) is 2. The van der Waals surface area contributed by atoms with E-state index >= 15 is 0 Å². The number of nitrogens with zero attached hydrogens (tertiary/aromatic N) is 2. The summed E-state index contributed by atoms with van der Waals surface area (Å²) in [6, 6.07) is 2.04. The zero-order valence-electron chi connectivity index (χ0n) is 12.1. The Morgan fingerprint density at radius 2 is 1.63 bits per heavy atom. The molecule has 2 atom stereocenters. The Kier molecular flexibility index (Phi) is 3.96. The molecule has 0 aliphatic carbocycles. The Bertz CT molecular complexity index is 313. The molecule has 3 fully saturated rings. The topological polar surface area (TPSA) is 35.6 Å². The molecule has 0 saturated carbocycles. The maximum Gasteiger partial charge on any atom is 0.319 e. The Labute approximate surface area is 116 Å². The first-order valence-corrected chi connectivity index (χ1v) is 8.02. The first kappa shape index (κ1) is 13.2. The molecule has 3 aliphatic heterocycles. The molecular formula is C15H27N3O. The number of nitrogens with one attached hydrogen (secondary N) is 1. The smallest absolute Gasteiger partial charge is 0.319 e. The van der Waals surface area contributed by atoms with Gasteiger partial charge in [-0.15, -0.1) is 0 Å². The summed E-state index contributed by atoms with van der Waals surface area (Å²) in [5.74, 6) is 0. The monoisotopic (exact) mass is 265 g/mol. The van der Waals surface area contributed by atoms with E-state index in [1.165, 1.54) is 38.5 Å². The molecule has 3 heterocycles. The maximum atomic E-state index is 12.6. The minimum atomic E-state index is 0.271. The van der Waals surface area contributed by atoms with E-state index in [9.17, 15) is 4.79 Å². The van der Waals surface area contributed by atoms with Crippen molar-refractivity contribution in [3.63, 3.8) is 0 Å². The van der Waals surface area contributed by atoms with Gasteiger partial charge in [-0.3, -0.25) is 0 Å². The van der Waals surface area contributed by atoms with E-state index in [1.54, 1.807) is 0 Å². The Morgan fingerprint density at radius 1 is 1.05 bits per heavy atom. The average molecular weight is 265 g/mol. The van der Waals surface area contributed by atoms with Crippen molar-refractivity contribution >= 4 is 6.03 Å².